The number of Topliss-reactive ketones (excluding diaryl/α,β-unsaturated/α-hetero) is 1. The van der Waals surface area contributed by atoms with E-state index < -0.39 is 33.9 Å². The summed E-state index contributed by atoms with van der Waals surface area (Å²) in [5.41, 5.74) is 2.85. The van der Waals surface area contributed by atoms with Crippen molar-refractivity contribution in [3.8, 4) is 0 Å². The first-order chi connectivity index (χ1) is 19.9. The predicted octanol–water partition coefficient (Wildman–Crippen LogP) is 2.90. The van der Waals surface area contributed by atoms with Gasteiger partial charge in [0.2, 0.25) is 5.91 Å². The monoisotopic (exact) mass is 573 g/mol. The number of ether oxygens (including phenoxy) is 1. The van der Waals surface area contributed by atoms with E-state index >= 15 is 0 Å². The molecule has 9 heteroatoms. The predicted molar refractivity (Wildman–Crippen MR) is 157 cm³/mol. The van der Waals surface area contributed by atoms with Gasteiger partial charge >= 0.3 is 0 Å². The molecule has 41 heavy (non-hydrogen) atoms. The molecule has 1 saturated heterocycles. The second-order valence-electron chi connectivity index (χ2n) is 10.3. The number of hydrogen-bond acceptors (Lipinski definition) is 7. The first-order valence-corrected chi connectivity index (χ1v) is 15.5. The molecule has 1 amide bonds. The van der Waals surface area contributed by atoms with Gasteiger partial charge in [-0.3, -0.25) is 9.59 Å². The first-order valence-electron chi connectivity index (χ1n) is 13.9. The van der Waals surface area contributed by atoms with Crippen molar-refractivity contribution in [2.24, 2.45) is 0 Å². The Kier molecular flexibility index (Phi) is 9.41. The second-order valence-corrected chi connectivity index (χ2v) is 12.2. The summed E-state index contributed by atoms with van der Waals surface area (Å²) in [5.74, 6) is -1.25. The number of sulfone groups is 1. The molecule has 8 nitrogen and oxygen atoms in total. The lowest BCUT2D eigenvalue weighted by atomic mass is 9.79. The Balaban J connectivity index is 1.39. The van der Waals surface area contributed by atoms with Crippen LogP contribution in [0.25, 0.3) is 0 Å². The molecule has 4 atom stereocenters. The fourth-order valence-corrected chi connectivity index (χ4v) is 6.46. The molecule has 0 aromatic heterocycles. The minimum atomic E-state index is -3.70. The standard InChI is InChI=1S/C32H35N3O5S/c36-31(28-22-33-18-19-40-28)29-27-14-8-7-11-24(27)21-34-30(29)32(37)35-25(16-15-23-9-3-1-4-10-23)17-20-41(38,39)26-12-5-2-6-13-26/h1-14,17,20,25,28-30,33-34H,15-16,18-19,21-22H2,(H,35,37)/t25-,28?,29?,30-/m0/s1. The van der Waals surface area contributed by atoms with Crippen LogP contribution in [0, 0.1) is 0 Å². The number of aryl methyl sites for hydroxylation is 1. The van der Waals surface area contributed by atoms with Crippen LogP contribution >= 0.6 is 0 Å². The maximum Gasteiger partial charge on any atom is 0.238 e. The Bertz CT molecular complexity index is 1470. The van der Waals surface area contributed by atoms with Crippen LogP contribution in [0.1, 0.15) is 29.0 Å². The van der Waals surface area contributed by atoms with Crippen LogP contribution in [0.2, 0.25) is 0 Å². The van der Waals surface area contributed by atoms with Gasteiger partial charge in [-0.05, 0) is 41.7 Å². The van der Waals surface area contributed by atoms with Crippen LogP contribution in [0.4, 0.5) is 0 Å². The quantitative estimate of drug-likeness (QED) is 0.342. The molecule has 3 aromatic rings. The van der Waals surface area contributed by atoms with E-state index in [-0.39, 0.29) is 16.6 Å². The minimum absolute atomic E-state index is 0.153. The molecule has 1 fully saturated rings. The van der Waals surface area contributed by atoms with E-state index in [9.17, 15) is 18.0 Å². The zero-order chi connectivity index (χ0) is 28.7. The van der Waals surface area contributed by atoms with Gasteiger partial charge in [0.05, 0.1) is 17.4 Å². The van der Waals surface area contributed by atoms with E-state index in [0.717, 1.165) is 22.1 Å². The Hall–Kier alpha value is -3.63. The van der Waals surface area contributed by atoms with Crippen molar-refractivity contribution < 1.29 is 22.7 Å². The average Bonchev–Trinajstić information content (AvgIpc) is 3.02. The number of nitrogens with one attached hydrogen (secondary N) is 3. The van der Waals surface area contributed by atoms with Gasteiger partial charge in [0.1, 0.15) is 12.1 Å². The van der Waals surface area contributed by atoms with Gasteiger partial charge in [0, 0.05) is 31.1 Å². The van der Waals surface area contributed by atoms with Crippen LogP contribution in [0.5, 0.6) is 0 Å². The van der Waals surface area contributed by atoms with E-state index in [1.54, 1.807) is 30.3 Å². The van der Waals surface area contributed by atoms with Crippen LogP contribution in [0.15, 0.2) is 101 Å². The highest BCUT2D eigenvalue weighted by Gasteiger charge is 2.42. The number of ketones is 1. The molecular weight excluding hydrogens is 538 g/mol. The van der Waals surface area contributed by atoms with Gasteiger partial charge in [0.25, 0.3) is 0 Å². The Morgan fingerprint density at radius 1 is 0.976 bits per heavy atom. The van der Waals surface area contributed by atoms with Crippen molar-refractivity contribution in [2.75, 3.05) is 19.7 Å². The largest absolute Gasteiger partial charge is 0.368 e. The highest BCUT2D eigenvalue weighted by molar-refractivity contribution is 7.94. The highest BCUT2D eigenvalue weighted by atomic mass is 32.2. The Labute approximate surface area is 241 Å². The van der Waals surface area contributed by atoms with Crippen molar-refractivity contribution >= 4 is 21.5 Å². The van der Waals surface area contributed by atoms with Crippen molar-refractivity contribution in [3.05, 3.63) is 113 Å². The van der Waals surface area contributed by atoms with E-state index in [1.165, 1.54) is 6.08 Å². The normalized spacial score (nSPS) is 21.6. The molecule has 2 unspecified atom stereocenters. The molecule has 5 rings (SSSR count). The SMILES string of the molecule is O=C(C1CNCCO1)C1c2ccccc2CN[C@@H]1C(=O)N[C@H](C=CS(=O)(=O)c1ccccc1)CCc1ccccc1. The molecule has 0 radical (unpaired) electrons. The van der Waals surface area contributed by atoms with Crippen molar-refractivity contribution in [1.29, 1.82) is 0 Å². The summed E-state index contributed by atoms with van der Waals surface area (Å²) in [6.07, 6.45) is 1.99. The van der Waals surface area contributed by atoms with Gasteiger partial charge in [-0.15, -0.1) is 0 Å². The smallest absolute Gasteiger partial charge is 0.238 e. The number of carbonyl (C=O) groups is 2. The third kappa shape index (κ3) is 7.18. The maximum atomic E-state index is 13.9. The fourth-order valence-electron chi connectivity index (χ4n) is 5.37. The average molecular weight is 574 g/mol. The zero-order valence-corrected chi connectivity index (χ0v) is 23.6. The molecule has 2 aliphatic heterocycles. The van der Waals surface area contributed by atoms with Crippen LogP contribution in [0.3, 0.4) is 0 Å². The molecule has 0 bridgehead atoms. The minimum Gasteiger partial charge on any atom is -0.368 e. The number of fused-ring (bicyclic) bond motifs is 1. The van der Waals surface area contributed by atoms with E-state index in [4.69, 9.17) is 4.74 Å². The van der Waals surface area contributed by atoms with E-state index in [0.29, 0.717) is 39.1 Å². The maximum absolute atomic E-state index is 13.9. The summed E-state index contributed by atoms with van der Waals surface area (Å²) in [7, 11) is -3.70. The Morgan fingerprint density at radius 2 is 1.68 bits per heavy atom. The molecule has 2 aliphatic rings. The van der Waals surface area contributed by atoms with E-state index in [1.807, 2.05) is 54.6 Å². The molecule has 2 heterocycles. The molecule has 0 aliphatic carbocycles. The molecule has 3 N–H and O–H groups in total. The van der Waals surface area contributed by atoms with Crippen LogP contribution in [-0.4, -0.2) is 58.0 Å². The third-order valence-corrected chi connectivity index (χ3v) is 8.99. The van der Waals surface area contributed by atoms with Crippen molar-refractivity contribution in [2.45, 2.75) is 48.4 Å². The molecule has 3 aromatic carbocycles. The van der Waals surface area contributed by atoms with Gasteiger partial charge in [-0.1, -0.05) is 78.9 Å². The van der Waals surface area contributed by atoms with Crippen LogP contribution < -0.4 is 16.0 Å². The van der Waals surface area contributed by atoms with Crippen LogP contribution in [-0.2, 0) is 37.1 Å². The highest BCUT2D eigenvalue weighted by Crippen LogP contribution is 2.31. The number of hydrogen-bond donors (Lipinski definition) is 3. The first kappa shape index (κ1) is 28.9. The molecular formula is C32H35N3O5S. The van der Waals surface area contributed by atoms with Gasteiger partial charge in [-0.25, -0.2) is 8.42 Å². The lowest BCUT2D eigenvalue weighted by Crippen LogP contribution is -2.56. The Morgan fingerprint density at radius 3 is 2.41 bits per heavy atom. The summed E-state index contributed by atoms with van der Waals surface area (Å²) in [6.45, 7) is 1.94. The third-order valence-electron chi connectivity index (χ3n) is 7.55. The summed E-state index contributed by atoms with van der Waals surface area (Å²) >= 11 is 0. The van der Waals surface area contributed by atoms with Crippen molar-refractivity contribution in [3.63, 3.8) is 0 Å². The summed E-state index contributed by atoms with van der Waals surface area (Å²) in [6, 6.07) is 24.2. The van der Waals surface area contributed by atoms with Gasteiger partial charge in [-0.2, -0.15) is 0 Å². The zero-order valence-electron chi connectivity index (χ0n) is 22.7. The van der Waals surface area contributed by atoms with E-state index in [2.05, 4.69) is 16.0 Å². The number of carbonyl (C=O) groups excluding carboxylic acids is 2. The molecule has 214 valence electrons. The summed E-state index contributed by atoms with van der Waals surface area (Å²) in [5, 5.41) is 10.7. The number of rotatable bonds is 10. The second kappa shape index (κ2) is 13.4. The lowest BCUT2D eigenvalue weighted by Gasteiger charge is -2.36. The summed E-state index contributed by atoms with van der Waals surface area (Å²) < 4.78 is 31.7. The topological polar surface area (TPSA) is 114 Å². The number of morpholine rings is 1. The lowest BCUT2D eigenvalue weighted by molar-refractivity contribution is -0.137. The van der Waals surface area contributed by atoms with Gasteiger partial charge in [0.15, 0.2) is 15.6 Å². The fraction of sp³-hybridized carbons (Fsp3) is 0.312. The van der Waals surface area contributed by atoms with Gasteiger partial charge < -0.3 is 20.7 Å². The molecule has 0 saturated carbocycles. The molecule has 0 spiro atoms. The number of amides is 1. The van der Waals surface area contributed by atoms with Crippen molar-refractivity contribution in [1.82, 2.24) is 16.0 Å². The summed E-state index contributed by atoms with van der Waals surface area (Å²) in [4.78, 5) is 27.8. The number of benzene rings is 3.